The summed E-state index contributed by atoms with van der Waals surface area (Å²) < 4.78 is 0. The predicted molar refractivity (Wildman–Crippen MR) is 94.0 cm³/mol. The maximum Gasteiger partial charge on any atom is 0.0446 e. The van der Waals surface area contributed by atoms with Crippen molar-refractivity contribution in [2.24, 2.45) is 0 Å². The Hall–Kier alpha value is -2.02. The van der Waals surface area contributed by atoms with Gasteiger partial charge in [-0.05, 0) is 50.8 Å². The Bertz CT molecular complexity index is 621. The molecule has 2 aromatic carbocycles. The molecule has 2 rings (SSSR count). The Morgan fingerprint density at radius 1 is 0.905 bits per heavy atom. The van der Waals surface area contributed by atoms with E-state index in [1.165, 1.54) is 33.5 Å². The second-order valence-electron chi connectivity index (χ2n) is 5.65. The van der Waals surface area contributed by atoms with E-state index in [-0.39, 0.29) is 0 Å². The molecule has 1 nitrogen and oxygen atoms in total. The molecular weight excluding hydrogens is 254 g/mol. The zero-order chi connectivity index (χ0) is 15.2. The van der Waals surface area contributed by atoms with Crippen molar-refractivity contribution >= 4 is 11.8 Å². The molecule has 0 saturated carbocycles. The van der Waals surface area contributed by atoms with Gasteiger partial charge in [0.1, 0.15) is 0 Å². The van der Waals surface area contributed by atoms with Crippen LogP contribution >= 0.6 is 0 Å². The molecule has 2 aromatic rings. The van der Waals surface area contributed by atoms with E-state index in [1.54, 1.807) is 0 Å². The van der Waals surface area contributed by atoms with E-state index >= 15 is 0 Å². The molecule has 0 aromatic heterocycles. The average molecular weight is 279 g/mol. The fourth-order valence-corrected chi connectivity index (χ4v) is 2.54. The first-order valence-corrected chi connectivity index (χ1v) is 7.64. The summed E-state index contributed by atoms with van der Waals surface area (Å²) >= 11 is 0. The summed E-state index contributed by atoms with van der Waals surface area (Å²) in [7, 11) is 0. The molecule has 0 amide bonds. The Morgan fingerprint density at radius 3 is 2.24 bits per heavy atom. The van der Waals surface area contributed by atoms with Gasteiger partial charge in [-0.15, -0.1) is 0 Å². The second-order valence-corrected chi connectivity index (χ2v) is 5.65. The highest BCUT2D eigenvalue weighted by atomic mass is 14.9. The third kappa shape index (κ3) is 3.98. The van der Waals surface area contributed by atoms with Gasteiger partial charge in [0.15, 0.2) is 0 Å². The number of benzene rings is 2. The van der Waals surface area contributed by atoms with E-state index in [4.69, 9.17) is 0 Å². The van der Waals surface area contributed by atoms with Gasteiger partial charge in [0.25, 0.3) is 0 Å². The lowest BCUT2D eigenvalue weighted by atomic mass is 10.0. The van der Waals surface area contributed by atoms with Crippen molar-refractivity contribution in [3.8, 4) is 0 Å². The van der Waals surface area contributed by atoms with Crippen LogP contribution in [0.1, 0.15) is 34.7 Å². The summed E-state index contributed by atoms with van der Waals surface area (Å²) in [5.41, 5.74) is 7.89. The maximum atomic E-state index is 3.62. The van der Waals surface area contributed by atoms with E-state index in [0.717, 1.165) is 13.0 Å². The van der Waals surface area contributed by atoms with Gasteiger partial charge in [-0.1, -0.05) is 54.1 Å². The van der Waals surface area contributed by atoms with Crippen molar-refractivity contribution < 1.29 is 0 Å². The molecule has 0 bridgehead atoms. The number of anilines is 1. The average Bonchev–Trinajstić information content (AvgIpc) is 2.48. The van der Waals surface area contributed by atoms with Crippen LogP contribution in [0.25, 0.3) is 6.08 Å². The fourth-order valence-electron chi connectivity index (χ4n) is 2.54. The molecule has 0 saturated heterocycles. The van der Waals surface area contributed by atoms with E-state index < -0.39 is 0 Å². The molecule has 0 unspecified atom stereocenters. The summed E-state index contributed by atoms with van der Waals surface area (Å²) in [6.07, 6.45) is 5.34. The zero-order valence-corrected chi connectivity index (χ0v) is 13.5. The third-order valence-corrected chi connectivity index (χ3v) is 3.84. The minimum atomic E-state index is 0.956. The minimum absolute atomic E-state index is 0.956. The lowest BCUT2D eigenvalue weighted by Crippen LogP contribution is -2.08. The SMILES string of the molecule is C/C=C\c1c(C)ccc(C)c1NCCc1ccc(C)cc1. The molecule has 0 radical (unpaired) electrons. The van der Waals surface area contributed by atoms with Crippen molar-refractivity contribution in [1.82, 2.24) is 0 Å². The van der Waals surface area contributed by atoms with Gasteiger partial charge < -0.3 is 5.32 Å². The van der Waals surface area contributed by atoms with Gasteiger partial charge >= 0.3 is 0 Å². The highest BCUT2D eigenvalue weighted by Crippen LogP contribution is 2.25. The van der Waals surface area contributed by atoms with Gasteiger partial charge in [-0.2, -0.15) is 0 Å². The van der Waals surface area contributed by atoms with Crippen LogP contribution in [-0.2, 0) is 6.42 Å². The lowest BCUT2D eigenvalue weighted by Gasteiger charge is -2.15. The molecule has 21 heavy (non-hydrogen) atoms. The van der Waals surface area contributed by atoms with Crippen molar-refractivity contribution in [3.63, 3.8) is 0 Å². The topological polar surface area (TPSA) is 12.0 Å². The summed E-state index contributed by atoms with van der Waals surface area (Å²) in [6.45, 7) is 9.48. The zero-order valence-electron chi connectivity index (χ0n) is 13.5. The first kappa shape index (κ1) is 15.4. The smallest absolute Gasteiger partial charge is 0.0446 e. The Kier molecular flexibility index (Phi) is 5.21. The van der Waals surface area contributed by atoms with Gasteiger partial charge in [-0.25, -0.2) is 0 Å². The summed E-state index contributed by atoms with van der Waals surface area (Å²) in [5, 5.41) is 3.62. The molecule has 0 fully saturated rings. The van der Waals surface area contributed by atoms with E-state index in [2.05, 4.69) is 81.6 Å². The van der Waals surface area contributed by atoms with Crippen LogP contribution in [-0.4, -0.2) is 6.54 Å². The lowest BCUT2D eigenvalue weighted by molar-refractivity contribution is 1.01. The van der Waals surface area contributed by atoms with Crippen LogP contribution < -0.4 is 5.32 Å². The largest absolute Gasteiger partial charge is 0.384 e. The molecule has 110 valence electrons. The summed E-state index contributed by atoms with van der Waals surface area (Å²) in [6, 6.07) is 13.2. The molecule has 1 N–H and O–H groups in total. The first-order valence-electron chi connectivity index (χ1n) is 7.64. The van der Waals surface area contributed by atoms with Crippen LogP contribution in [0.3, 0.4) is 0 Å². The van der Waals surface area contributed by atoms with Gasteiger partial charge in [0.2, 0.25) is 0 Å². The van der Waals surface area contributed by atoms with E-state index in [0.29, 0.717) is 0 Å². The number of aryl methyl sites for hydroxylation is 3. The monoisotopic (exact) mass is 279 g/mol. The Labute approximate surface area is 128 Å². The number of rotatable bonds is 5. The molecular formula is C20H25N. The number of allylic oxidation sites excluding steroid dienone is 1. The predicted octanol–water partition coefficient (Wildman–Crippen LogP) is 5.30. The van der Waals surface area contributed by atoms with E-state index in [1.807, 2.05) is 0 Å². The molecule has 0 atom stereocenters. The van der Waals surface area contributed by atoms with Gasteiger partial charge in [0.05, 0.1) is 0 Å². The van der Waals surface area contributed by atoms with Gasteiger partial charge in [0, 0.05) is 17.8 Å². The van der Waals surface area contributed by atoms with Crippen LogP contribution in [0.2, 0.25) is 0 Å². The molecule has 0 aliphatic carbocycles. The standard InChI is InChI=1S/C20H25N/c1-5-6-19-16(3)9-10-17(4)20(19)21-14-13-18-11-7-15(2)8-12-18/h5-12,21H,13-14H2,1-4H3/b6-5-. The quantitative estimate of drug-likeness (QED) is 0.783. The van der Waals surface area contributed by atoms with Crippen LogP contribution in [0, 0.1) is 20.8 Å². The Balaban J connectivity index is 2.09. The van der Waals surface area contributed by atoms with Crippen LogP contribution in [0.5, 0.6) is 0 Å². The highest BCUT2D eigenvalue weighted by Gasteiger charge is 2.06. The molecule has 0 aliphatic heterocycles. The first-order chi connectivity index (χ1) is 10.1. The Morgan fingerprint density at radius 2 is 1.57 bits per heavy atom. The maximum absolute atomic E-state index is 3.62. The van der Waals surface area contributed by atoms with Crippen molar-refractivity contribution in [2.45, 2.75) is 34.1 Å². The molecule has 0 heterocycles. The fraction of sp³-hybridized carbons (Fsp3) is 0.300. The molecule has 0 spiro atoms. The number of hydrogen-bond donors (Lipinski definition) is 1. The van der Waals surface area contributed by atoms with Crippen LogP contribution in [0.15, 0.2) is 42.5 Å². The second kappa shape index (κ2) is 7.12. The van der Waals surface area contributed by atoms with Crippen LogP contribution in [0.4, 0.5) is 5.69 Å². The van der Waals surface area contributed by atoms with E-state index in [9.17, 15) is 0 Å². The van der Waals surface area contributed by atoms with Gasteiger partial charge in [-0.3, -0.25) is 0 Å². The van der Waals surface area contributed by atoms with Crippen molar-refractivity contribution in [1.29, 1.82) is 0 Å². The van der Waals surface area contributed by atoms with Crippen molar-refractivity contribution in [3.05, 3.63) is 70.3 Å². The minimum Gasteiger partial charge on any atom is -0.384 e. The highest BCUT2D eigenvalue weighted by molar-refractivity contribution is 5.72. The number of hydrogen-bond acceptors (Lipinski definition) is 1. The number of nitrogens with one attached hydrogen (secondary N) is 1. The summed E-state index contributed by atoms with van der Waals surface area (Å²) in [5.74, 6) is 0. The summed E-state index contributed by atoms with van der Waals surface area (Å²) in [4.78, 5) is 0. The normalized spacial score (nSPS) is 11.0. The molecule has 0 aliphatic rings. The van der Waals surface area contributed by atoms with Crippen molar-refractivity contribution in [2.75, 3.05) is 11.9 Å². The molecule has 1 heteroatoms. The third-order valence-electron chi connectivity index (χ3n) is 3.84.